The predicted octanol–water partition coefficient (Wildman–Crippen LogP) is 3.94. The van der Waals surface area contributed by atoms with Crippen molar-refractivity contribution in [2.75, 3.05) is 24.7 Å². The second-order valence-electron chi connectivity index (χ2n) is 6.97. The number of ether oxygens (including phenoxy) is 1. The first-order valence-corrected chi connectivity index (χ1v) is 9.68. The molecule has 0 aliphatic heterocycles. The fourth-order valence-corrected chi connectivity index (χ4v) is 3.33. The molecule has 150 valence electrons. The molecule has 5 nitrogen and oxygen atoms in total. The van der Waals surface area contributed by atoms with Gasteiger partial charge < -0.3 is 21.5 Å². The van der Waals surface area contributed by atoms with Crippen LogP contribution in [0.5, 0.6) is 5.75 Å². The number of hydrogen-bond acceptors (Lipinski definition) is 4. The Morgan fingerprint density at radius 3 is 2.41 bits per heavy atom. The first kappa shape index (κ1) is 20.4. The molecule has 1 amide bonds. The van der Waals surface area contributed by atoms with E-state index < -0.39 is 0 Å². The van der Waals surface area contributed by atoms with Gasteiger partial charge in [0, 0.05) is 11.4 Å². The average Bonchev–Trinajstić information content (AvgIpc) is 2.75. The Labute approximate surface area is 171 Å². The fraction of sp³-hybridized carbons (Fsp3) is 0.208. The van der Waals surface area contributed by atoms with Crippen molar-refractivity contribution in [1.29, 1.82) is 0 Å². The van der Waals surface area contributed by atoms with Crippen molar-refractivity contribution in [3.05, 3.63) is 89.5 Å². The molecular weight excluding hydrogens is 362 g/mol. The summed E-state index contributed by atoms with van der Waals surface area (Å²) >= 11 is 0. The molecule has 3 rings (SSSR count). The molecule has 1 unspecified atom stereocenters. The Hall–Kier alpha value is -3.31. The number of anilines is 2. The van der Waals surface area contributed by atoms with Crippen LogP contribution in [0, 0.1) is 0 Å². The van der Waals surface area contributed by atoms with Gasteiger partial charge in [0.25, 0.3) is 0 Å². The molecule has 0 aliphatic rings. The number of benzene rings is 3. The summed E-state index contributed by atoms with van der Waals surface area (Å²) in [6.07, 6.45) is 1.26. The van der Waals surface area contributed by atoms with Gasteiger partial charge >= 0.3 is 0 Å². The molecule has 0 spiro atoms. The Balaban J connectivity index is 1.76. The molecule has 5 heteroatoms. The average molecular weight is 389 g/mol. The summed E-state index contributed by atoms with van der Waals surface area (Å²) in [7, 11) is 1.65. The van der Waals surface area contributed by atoms with Gasteiger partial charge in [-0.25, -0.2) is 0 Å². The second kappa shape index (κ2) is 9.75. The zero-order valence-electron chi connectivity index (χ0n) is 16.6. The normalized spacial score (nSPS) is 11.7. The molecule has 3 aromatic rings. The van der Waals surface area contributed by atoms with Gasteiger partial charge in [-0.15, -0.1) is 0 Å². The van der Waals surface area contributed by atoms with E-state index in [-0.39, 0.29) is 11.8 Å². The molecular formula is C24H27N3O2. The third-order valence-corrected chi connectivity index (χ3v) is 4.94. The van der Waals surface area contributed by atoms with Crippen LogP contribution in [0.3, 0.4) is 0 Å². The minimum Gasteiger partial charge on any atom is -0.497 e. The lowest BCUT2D eigenvalue weighted by Crippen LogP contribution is -2.23. The summed E-state index contributed by atoms with van der Waals surface area (Å²) in [4.78, 5) is 12.9. The van der Waals surface area contributed by atoms with Crippen LogP contribution in [0.4, 0.5) is 11.4 Å². The molecule has 0 saturated carbocycles. The Morgan fingerprint density at radius 1 is 1.03 bits per heavy atom. The van der Waals surface area contributed by atoms with Gasteiger partial charge in [-0.05, 0) is 66.4 Å². The summed E-state index contributed by atoms with van der Waals surface area (Å²) < 4.78 is 5.20. The predicted molar refractivity (Wildman–Crippen MR) is 118 cm³/mol. The Bertz CT molecular complexity index is 940. The van der Waals surface area contributed by atoms with Gasteiger partial charge in [0.1, 0.15) is 5.75 Å². The highest BCUT2D eigenvalue weighted by Crippen LogP contribution is 2.25. The Kier molecular flexibility index (Phi) is 6.87. The lowest BCUT2D eigenvalue weighted by atomic mass is 9.94. The maximum Gasteiger partial charge on any atom is 0.231 e. The smallest absolute Gasteiger partial charge is 0.231 e. The summed E-state index contributed by atoms with van der Waals surface area (Å²) in [6, 6.07) is 23.2. The summed E-state index contributed by atoms with van der Waals surface area (Å²) in [5, 5.41) is 3.03. The van der Waals surface area contributed by atoms with E-state index in [2.05, 4.69) is 5.32 Å². The van der Waals surface area contributed by atoms with E-state index in [9.17, 15) is 4.79 Å². The topological polar surface area (TPSA) is 90.4 Å². The largest absolute Gasteiger partial charge is 0.497 e. The molecule has 0 bridgehead atoms. The first-order valence-electron chi connectivity index (χ1n) is 9.68. The third-order valence-electron chi connectivity index (χ3n) is 4.94. The zero-order chi connectivity index (χ0) is 20.6. The van der Waals surface area contributed by atoms with Crippen molar-refractivity contribution >= 4 is 17.3 Å². The molecule has 0 fully saturated rings. The van der Waals surface area contributed by atoms with E-state index in [1.54, 1.807) is 7.11 Å². The van der Waals surface area contributed by atoms with Crippen LogP contribution in [0.25, 0.3) is 0 Å². The van der Waals surface area contributed by atoms with Crippen LogP contribution >= 0.6 is 0 Å². The van der Waals surface area contributed by atoms with Gasteiger partial charge in [0.05, 0.1) is 13.0 Å². The highest BCUT2D eigenvalue weighted by Gasteiger charge is 2.20. The number of methoxy groups -OCH3 is 1. The van der Waals surface area contributed by atoms with E-state index in [0.717, 1.165) is 28.1 Å². The molecule has 1 atom stereocenters. The molecule has 0 aromatic heterocycles. The standard InChI is InChI=1S/C24H27N3O2/c1-29-21-10-7-17(8-11-21)15-19-16-20(9-12-23(19)26)27-24(28)22(13-14-25)18-5-3-2-4-6-18/h2-12,16,22H,13-15,25-26H2,1H3,(H,27,28). The van der Waals surface area contributed by atoms with Crippen molar-refractivity contribution in [3.8, 4) is 5.75 Å². The van der Waals surface area contributed by atoms with Gasteiger partial charge in [-0.2, -0.15) is 0 Å². The number of carbonyl (C=O) groups excluding carboxylic acids is 1. The van der Waals surface area contributed by atoms with Crippen molar-refractivity contribution in [3.63, 3.8) is 0 Å². The van der Waals surface area contributed by atoms with E-state index in [1.165, 1.54) is 0 Å². The van der Waals surface area contributed by atoms with Crippen molar-refractivity contribution in [1.82, 2.24) is 0 Å². The highest BCUT2D eigenvalue weighted by molar-refractivity contribution is 5.96. The SMILES string of the molecule is COc1ccc(Cc2cc(NC(=O)C(CCN)c3ccccc3)ccc2N)cc1. The molecule has 0 aliphatic carbocycles. The van der Waals surface area contributed by atoms with E-state index >= 15 is 0 Å². The lowest BCUT2D eigenvalue weighted by molar-refractivity contribution is -0.117. The molecule has 5 N–H and O–H groups in total. The first-order chi connectivity index (χ1) is 14.1. The van der Waals surface area contributed by atoms with Crippen molar-refractivity contribution in [2.24, 2.45) is 5.73 Å². The number of amides is 1. The lowest BCUT2D eigenvalue weighted by Gasteiger charge is -2.17. The second-order valence-corrected chi connectivity index (χ2v) is 6.97. The number of nitrogens with one attached hydrogen (secondary N) is 1. The van der Waals surface area contributed by atoms with E-state index in [1.807, 2.05) is 72.8 Å². The maximum absolute atomic E-state index is 12.9. The van der Waals surface area contributed by atoms with Crippen LogP contribution in [0.15, 0.2) is 72.8 Å². The summed E-state index contributed by atoms with van der Waals surface area (Å²) in [5.74, 6) is 0.459. The zero-order valence-corrected chi connectivity index (χ0v) is 16.6. The van der Waals surface area contributed by atoms with Crippen LogP contribution in [-0.2, 0) is 11.2 Å². The third kappa shape index (κ3) is 5.36. The van der Waals surface area contributed by atoms with Crippen LogP contribution in [0.2, 0.25) is 0 Å². The Morgan fingerprint density at radius 2 is 1.76 bits per heavy atom. The number of nitrogens with two attached hydrogens (primary N) is 2. The van der Waals surface area contributed by atoms with Crippen molar-refractivity contribution < 1.29 is 9.53 Å². The monoisotopic (exact) mass is 389 g/mol. The number of nitrogen functional groups attached to an aromatic ring is 1. The number of carbonyl (C=O) groups is 1. The van der Waals surface area contributed by atoms with Crippen LogP contribution in [-0.4, -0.2) is 19.6 Å². The van der Waals surface area contributed by atoms with E-state index in [0.29, 0.717) is 25.1 Å². The fourth-order valence-electron chi connectivity index (χ4n) is 3.33. The van der Waals surface area contributed by atoms with Gasteiger partial charge in [0.2, 0.25) is 5.91 Å². The van der Waals surface area contributed by atoms with Gasteiger partial charge in [-0.3, -0.25) is 4.79 Å². The highest BCUT2D eigenvalue weighted by atomic mass is 16.5. The number of hydrogen-bond donors (Lipinski definition) is 3. The van der Waals surface area contributed by atoms with Gasteiger partial charge in [-0.1, -0.05) is 42.5 Å². The van der Waals surface area contributed by atoms with Crippen LogP contribution < -0.4 is 21.5 Å². The number of rotatable bonds is 8. The quantitative estimate of drug-likeness (QED) is 0.509. The summed E-state index contributed by atoms with van der Waals surface area (Å²) in [5.41, 5.74) is 16.4. The molecule has 0 heterocycles. The summed E-state index contributed by atoms with van der Waals surface area (Å²) in [6.45, 7) is 0.442. The minimum atomic E-state index is -0.288. The van der Waals surface area contributed by atoms with Gasteiger partial charge in [0.15, 0.2) is 0 Å². The molecule has 29 heavy (non-hydrogen) atoms. The van der Waals surface area contributed by atoms with Crippen molar-refractivity contribution in [2.45, 2.75) is 18.8 Å². The van der Waals surface area contributed by atoms with Crippen LogP contribution in [0.1, 0.15) is 29.0 Å². The molecule has 0 saturated heterocycles. The molecule has 0 radical (unpaired) electrons. The minimum absolute atomic E-state index is 0.0678. The maximum atomic E-state index is 12.9. The molecule has 3 aromatic carbocycles. The van der Waals surface area contributed by atoms with E-state index in [4.69, 9.17) is 16.2 Å².